The van der Waals surface area contributed by atoms with Crippen LogP contribution < -0.4 is 160 Å². The highest BCUT2D eigenvalue weighted by Crippen LogP contribution is 1.82. The summed E-state index contributed by atoms with van der Waals surface area (Å²) >= 11 is 0. The first-order valence-electron chi connectivity index (χ1n) is 34.9. The normalized spacial score (nSPS) is 9.89. The molecule has 0 aromatic carbocycles. The van der Waals surface area contributed by atoms with Gasteiger partial charge >= 0.3 is 5.97 Å². The van der Waals surface area contributed by atoms with E-state index in [1.807, 2.05) is 5.32 Å². The first kappa shape index (κ1) is 105. The molecule has 121 heavy (non-hydrogen) atoms. The molecule has 0 spiro atoms. The number of nitrogens with one attached hydrogen (secondary N) is 29. The van der Waals surface area contributed by atoms with Crippen molar-refractivity contribution in [2.45, 2.75) is 0 Å². The van der Waals surface area contributed by atoms with Crippen LogP contribution in [0.15, 0.2) is 0 Å². The van der Waals surface area contributed by atoms with E-state index in [0.29, 0.717) is 0 Å². The summed E-state index contributed by atoms with van der Waals surface area (Å²) in [7, 11) is 0. The Balaban J connectivity index is 4.11. The molecule has 0 aromatic rings. The van der Waals surface area contributed by atoms with Crippen LogP contribution in [0, 0.1) is 0 Å². The van der Waals surface area contributed by atoms with E-state index in [4.69, 9.17) is 10.8 Å². The van der Waals surface area contributed by atoms with Crippen LogP contribution in [0.1, 0.15) is 0 Å². The van der Waals surface area contributed by atoms with Crippen LogP contribution in [0.4, 0.5) is 0 Å². The number of rotatable bonds is 59. The second-order valence-corrected chi connectivity index (χ2v) is 23.1. The van der Waals surface area contributed by atoms with Crippen molar-refractivity contribution in [1.82, 2.24) is 154 Å². The van der Waals surface area contributed by atoms with E-state index in [1.54, 1.807) is 0 Å². The standard InChI is InChI=1S/C60H92N30O31/c61-1-31(91)62-2-32(92)63-3-33(93)64-4-34(94)65-5-35(95)66-6-36(96)67-7-37(97)68-8-38(98)69-9-39(99)70-10-40(100)71-11-41(101)72-12-42(102)73-13-43(103)74-14-44(104)75-15-45(105)76-16-46(106)77-17-47(107)78-18-48(108)79-19-49(109)80-20-50(110)81-21-51(111)82-22-52(112)83-23-53(113)84-24-54(114)85-25-55(115)86-26-56(116)87-27-57(117)88-28-58(118)89-29-59(119)90-30-60(120)121/h1-30,61H2,(H,62,91)(H,63,92)(H,64,93)(H,65,94)(H,66,95)(H,67,96)(H,68,97)(H,69,98)(H,70,99)(H,71,100)(H,72,101)(H,73,102)(H,74,103)(H,75,104)(H,76,105)(H,77,106)(H,78,107)(H,79,108)(H,80,109)(H,81,110)(H,82,111)(H,83,112)(H,84,113)(H,85,114)(H,86,115)(H,87,116)(H,88,117)(H,89,118)(H,90,119)(H,120,121). The Morgan fingerprint density at radius 2 is 0.174 bits per heavy atom. The van der Waals surface area contributed by atoms with Crippen molar-refractivity contribution in [2.24, 2.45) is 5.73 Å². The molecule has 0 heterocycles. The van der Waals surface area contributed by atoms with Crippen LogP contribution in [0.3, 0.4) is 0 Å². The molecule has 0 fully saturated rings. The molecule has 0 saturated carbocycles. The van der Waals surface area contributed by atoms with Gasteiger partial charge in [0.15, 0.2) is 0 Å². The smallest absolute Gasteiger partial charge is 0.322 e. The highest BCUT2D eigenvalue weighted by atomic mass is 16.4. The SMILES string of the molecule is NCC(=O)NCC(=O)NCC(=O)NCC(=O)NCC(=O)NCC(=O)NCC(=O)NCC(=O)NCC(=O)NCC(=O)NCC(=O)NCC(=O)NCC(=O)NCC(=O)NCC(=O)NCC(=O)NCC(=O)NCC(=O)NCC(=O)NCC(=O)NCC(=O)NCC(=O)NCC(=O)NCC(=O)NCC(=O)NCC(=O)NCC(=O)NCC(=O)NCC(=O)NCC(=O)O. The van der Waals surface area contributed by atoms with Crippen LogP contribution in [0.2, 0.25) is 0 Å². The number of amides is 29. The number of carbonyl (C=O) groups excluding carboxylic acids is 29. The first-order valence-corrected chi connectivity index (χ1v) is 34.9. The maximum absolute atomic E-state index is 12.1. The number of carboxylic acid groups (broad SMARTS) is 1. The third-order valence-electron chi connectivity index (χ3n) is 13.1. The van der Waals surface area contributed by atoms with E-state index in [-0.39, 0.29) is 6.54 Å². The average Bonchev–Trinajstić information content (AvgIpc) is 1.07. The summed E-state index contributed by atoms with van der Waals surface area (Å²) < 4.78 is 0. The topological polar surface area (TPSA) is 907 Å². The molecule has 0 radical (unpaired) electrons. The molecular weight excluding hydrogens is 1640 g/mol. The zero-order chi connectivity index (χ0) is 91.0. The van der Waals surface area contributed by atoms with Crippen molar-refractivity contribution in [3.05, 3.63) is 0 Å². The minimum Gasteiger partial charge on any atom is -0.480 e. The largest absolute Gasteiger partial charge is 0.480 e. The predicted octanol–water partition coefficient (Wildman–Crippen LogP) is -26.6. The molecule has 0 atom stereocenters. The van der Waals surface area contributed by atoms with Gasteiger partial charge in [0.1, 0.15) is 6.54 Å². The molecule has 0 unspecified atom stereocenters. The van der Waals surface area contributed by atoms with Gasteiger partial charge in [0.05, 0.1) is 190 Å². The van der Waals surface area contributed by atoms with Gasteiger partial charge in [-0.25, -0.2) is 0 Å². The third-order valence-corrected chi connectivity index (χ3v) is 13.1. The zero-order valence-corrected chi connectivity index (χ0v) is 64.0. The molecule has 61 nitrogen and oxygen atoms in total. The molecule has 0 aliphatic heterocycles. The predicted molar refractivity (Wildman–Crippen MR) is 394 cm³/mol. The molecule has 0 saturated heterocycles. The lowest BCUT2D eigenvalue weighted by Gasteiger charge is -2.10. The zero-order valence-electron chi connectivity index (χ0n) is 64.0. The lowest BCUT2D eigenvalue weighted by atomic mass is 10.4. The molecular formula is C60H92N30O31. The molecule has 29 amide bonds. The molecule has 668 valence electrons. The lowest BCUT2D eigenvalue weighted by molar-refractivity contribution is -0.138. The summed E-state index contributed by atoms with van der Waals surface area (Å²) in [6, 6.07) is 0. The number of hydrogen-bond donors (Lipinski definition) is 31. The number of nitrogens with two attached hydrogens (primary N) is 1. The molecule has 61 heteroatoms. The van der Waals surface area contributed by atoms with Gasteiger partial charge < -0.3 is 165 Å². The van der Waals surface area contributed by atoms with E-state index in [0.717, 1.165) is 0 Å². The fourth-order valence-electron chi connectivity index (χ4n) is 7.00. The van der Waals surface area contributed by atoms with E-state index in [2.05, 4.69) is 149 Å². The average molecular weight is 1730 g/mol. The van der Waals surface area contributed by atoms with Crippen molar-refractivity contribution >= 4 is 177 Å². The maximum atomic E-state index is 12.1. The van der Waals surface area contributed by atoms with Gasteiger partial charge in [-0.3, -0.25) is 144 Å². The minimum absolute atomic E-state index is 0.346. The van der Waals surface area contributed by atoms with Gasteiger partial charge in [-0.2, -0.15) is 0 Å². The highest BCUT2D eigenvalue weighted by Gasteiger charge is 2.20. The quantitative estimate of drug-likeness (QED) is 0.0269. The van der Waals surface area contributed by atoms with Crippen molar-refractivity contribution < 1.29 is 149 Å². The molecule has 0 aliphatic carbocycles. The minimum atomic E-state index is -1.31. The van der Waals surface area contributed by atoms with Gasteiger partial charge in [-0.15, -0.1) is 0 Å². The second-order valence-electron chi connectivity index (χ2n) is 23.1. The molecule has 0 aromatic heterocycles. The Bertz CT molecular complexity index is 3700. The first-order chi connectivity index (χ1) is 57.2. The van der Waals surface area contributed by atoms with Gasteiger partial charge in [0.2, 0.25) is 171 Å². The van der Waals surface area contributed by atoms with Gasteiger partial charge in [-0.05, 0) is 0 Å². The van der Waals surface area contributed by atoms with Crippen molar-refractivity contribution in [3.63, 3.8) is 0 Å². The monoisotopic (exact) mass is 1730 g/mol. The van der Waals surface area contributed by atoms with Crippen LogP contribution in [-0.4, -0.2) is 379 Å². The maximum Gasteiger partial charge on any atom is 0.322 e. The Morgan fingerprint density at radius 1 is 0.116 bits per heavy atom. The Kier molecular flexibility index (Phi) is 54.2. The third kappa shape index (κ3) is 63.1. The Morgan fingerprint density at radius 3 is 0.231 bits per heavy atom. The van der Waals surface area contributed by atoms with Crippen LogP contribution in [-0.2, 0) is 144 Å². The van der Waals surface area contributed by atoms with Crippen molar-refractivity contribution in [2.75, 3.05) is 196 Å². The lowest BCUT2D eigenvalue weighted by Crippen LogP contribution is -2.48. The fourth-order valence-corrected chi connectivity index (χ4v) is 7.00. The van der Waals surface area contributed by atoms with E-state index < -0.39 is 367 Å². The summed E-state index contributed by atoms with van der Waals surface area (Å²) in [5, 5.41) is 70.3. The number of aliphatic carboxylic acids is 1. The molecule has 0 rings (SSSR count). The van der Waals surface area contributed by atoms with Crippen molar-refractivity contribution in [3.8, 4) is 0 Å². The summed E-state index contributed by atoms with van der Waals surface area (Å²) in [5.41, 5.74) is 5.08. The summed E-state index contributed by atoms with van der Waals surface area (Å²) in [5.74, 6) is -26.0. The number of hydrogen-bond acceptors (Lipinski definition) is 31. The van der Waals surface area contributed by atoms with Crippen LogP contribution >= 0.6 is 0 Å². The van der Waals surface area contributed by atoms with E-state index >= 15 is 0 Å². The Hall–Kier alpha value is -15.9. The number of carboxylic acids is 1. The summed E-state index contributed by atoms with van der Waals surface area (Å²) in [6.45, 7) is -19.1. The van der Waals surface area contributed by atoms with Gasteiger partial charge in [0.25, 0.3) is 0 Å². The molecule has 0 bridgehead atoms. The van der Waals surface area contributed by atoms with Crippen LogP contribution in [0.5, 0.6) is 0 Å². The van der Waals surface area contributed by atoms with Crippen LogP contribution in [0.25, 0.3) is 0 Å². The number of carbonyl (C=O) groups is 30. The fraction of sp³-hybridized carbons (Fsp3) is 0.500. The molecule has 0 aliphatic rings. The summed E-state index contributed by atoms with van der Waals surface area (Å²) in [4.78, 5) is 357. The van der Waals surface area contributed by atoms with Gasteiger partial charge in [0, 0.05) is 0 Å². The van der Waals surface area contributed by atoms with E-state index in [1.165, 1.54) is 0 Å². The second kappa shape index (κ2) is 62.4. The summed E-state index contributed by atoms with van der Waals surface area (Å²) in [6.07, 6.45) is 0. The highest BCUT2D eigenvalue weighted by molar-refractivity contribution is 5.99. The molecule has 32 N–H and O–H groups in total. The Labute approximate surface area is 680 Å². The van der Waals surface area contributed by atoms with E-state index in [9.17, 15) is 144 Å². The van der Waals surface area contributed by atoms with Crippen molar-refractivity contribution in [1.29, 1.82) is 0 Å². The van der Waals surface area contributed by atoms with Gasteiger partial charge in [-0.1, -0.05) is 0 Å².